The summed E-state index contributed by atoms with van der Waals surface area (Å²) < 4.78 is 1.72. The molecule has 0 fully saturated rings. The number of anilines is 2. The molecule has 68 valence electrons. The molecular weight excluding hydrogens is 166 g/mol. The number of aryl methyl sites for hydroxylation is 1. The second-order valence-electron chi connectivity index (χ2n) is 2.82. The smallest absolute Gasteiger partial charge is 0.240 e. The topological polar surface area (TPSA) is 68.2 Å². The zero-order valence-corrected chi connectivity index (χ0v) is 7.57. The lowest BCUT2D eigenvalue weighted by molar-refractivity contribution is 0.921. The second kappa shape index (κ2) is 2.62. The molecule has 0 radical (unpaired) electrons. The van der Waals surface area contributed by atoms with Gasteiger partial charge in [-0.3, -0.25) is 0 Å². The van der Waals surface area contributed by atoms with Gasteiger partial charge in [-0.1, -0.05) is 0 Å². The Balaban J connectivity index is 2.78. The maximum atomic E-state index is 5.49. The average Bonchev–Trinajstić information content (AvgIpc) is 2.47. The van der Waals surface area contributed by atoms with Crippen molar-refractivity contribution in [1.29, 1.82) is 0 Å². The van der Waals surface area contributed by atoms with E-state index in [9.17, 15) is 0 Å². The molecule has 0 aromatic carbocycles. The van der Waals surface area contributed by atoms with E-state index < -0.39 is 0 Å². The molecule has 5 nitrogen and oxygen atoms in total. The number of hydrogen-bond donors (Lipinski definition) is 2. The molecule has 0 aliphatic carbocycles. The van der Waals surface area contributed by atoms with Gasteiger partial charge in [-0.2, -0.15) is 4.98 Å². The van der Waals surface area contributed by atoms with Crippen LogP contribution in [0, 0.1) is 6.92 Å². The normalized spacial score (nSPS) is 10.6. The molecule has 3 N–H and O–H groups in total. The summed E-state index contributed by atoms with van der Waals surface area (Å²) in [7, 11) is 1.87. The molecule has 0 saturated heterocycles. The van der Waals surface area contributed by atoms with Gasteiger partial charge in [0.15, 0.2) is 5.65 Å². The van der Waals surface area contributed by atoms with Gasteiger partial charge in [0.1, 0.15) is 0 Å². The zero-order valence-electron chi connectivity index (χ0n) is 7.57. The SMILES string of the molecule is CNc1ccc2nc(N)nn2c1C. The molecular formula is C8H11N5. The van der Waals surface area contributed by atoms with E-state index in [-0.39, 0.29) is 0 Å². The highest BCUT2D eigenvalue weighted by atomic mass is 15.3. The molecule has 2 rings (SSSR count). The van der Waals surface area contributed by atoms with Crippen LogP contribution in [0.5, 0.6) is 0 Å². The maximum absolute atomic E-state index is 5.49. The summed E-state index contributed by atoms with van der Waals surface area (Å²) in [4.78, 5) is 4.05. The van der Waals surface area contributed by atoms with Crippen LogP contribution in [0.2, 0.25) is 0 Å². The van der Waals surface area contributed by atoms with Crippen LogP contribution in [0.4, 0.5) is 11.6 Å². The molecule has 5 heteroatoms. The van der Waals surface area contributed by atoms with Gasteiger partial charge in [-0.15, -0.1) is 5.10 Å². The summed E-state index contributed by atoms with van der Waals surface area (Å²) in [6, 6.07) is 3.83. The van der Waals surface area contributed by atoms with Gasteiger partial charge in [0.2, 0.25) is 5.95 Å². The number of nitrogen functional groups attached to an aromatic ring is 1. The number of aromatic nitrogens is 3. The van der Waals surface area contributed by atoms with Crippen LogP contribution < -0.4 is 11.1 Å². The van der Waals surface area contributed by atoms with Crippen molar-refractivity contribution in [2.24, 2.45) is 0 Å². The van der Waals surface area contributed by atoms with Crippen LogP contribution in [0.3, 0.4) is 0 Å². The highest BCUT2D eigenvalue weighted by molar-refractivity contribution is 5.55. The standard InChI is InChI=1S/C8H11N5/c1-5-6(10-2)3-4-7-11-8(9)12-13(5)7/h3-4,10H,1-2H3,(H2,9,12). The summed E-state index contributed by atoms with van der Waals surface area (Å²) in [5.41, 5.74) is 8.29. The zero-order chi connectivity index (χ0) is 9.42. The Morgan fingerprint density at radius 2 is 2.23 bits per heavy atom. The van der Waals surface area contributed by atoms with Crippen molar-refractivity contribution in [1.82, 2.24) is 14.6 Å². The van der Waals surface area contributed by atoms with Gasteiger partial charge in [-0.05, 0) is 19.1 Å². The van der Waals surface area contributed by atoms with Crippen molar-refractivity contribution >= 4 is 17.3 Å². The number of nitrogens with two attached hydrogens (primary N) is 1. The first kappa shape index (κ1) is 7.85. The van der Waals surface area contributed by atoms with Crippen LogP contribution >= 0.6 is 0 Å². The Morgan fingerprint density at radius 3 is 2.92 bits per heavy atom. The Bertz CT molecular complexity index is 445. The van der Waals surface area contributed by atoms with Gasteiger partial charge in [0.05, 0.1) is 11.4 Å². The third-order valence-corrected chi connectivity index (χ3v) is 2.02. The highest BCUT2D eigenvalue weighted by Gasteiger charge is 2.04. The highest BCUT2D eigenvalue weighted by Crippen LogP contribution is 2.15. The van der Waals surface area contributed by atoms with Gasteiger partial charge in [-0.25, -0.2) is 4.52 Å². The molecule has 0 saturated carbocycles. The molecule has 13 heavy (non-hydrogen) atoms. The summed E-state index contributed by atoms with van der Waals surface area (Å²) in [5, 5.41) is 7.13. The van der Waals surface area contributed by atoms with E-state index in [0.29, 0.717) is 5.95 Å². The number of pyridine rings is 1. The van der Waals surface area contributed by atoms with Crippen LogP contribution in [0.15, 0.2) is 12.1 Å². The largest absolute Gasteiger partial charge is 0.387 e. The Labute approximate surface area is 75.6 Å². The molecule has 0 amide bonds. The van der Waals surface area contributed by atoms with Gasteiger partial charge in [0.25, 0.3) is 0 Å². The van der Waals surface area contributed by atoms with E-state index in [1.165, 1.54) is 0 Å². The molecule has 0 unspecified atom stereocenters. The van der Waals surface area contributed by atoms with Crippen molar-refractivity contribution in [3.63, 3.8) is 0 Å². The third kappa shape index (κ3) is 1.09. The van der Waals surface area contributed by atoms with Gasteiger partial charge < -0.3 is 11.1 Å². The first-order valence-corrected chi connectivity index (χ1v) is 4.02. The molecule has 2 aromatic heterocycles. The fourth-order valence-electron chi connectivity index (χ4n) is 1.35. The van der Waals surface area contributed by atoms with Crippen LogP contribution in [-0.4, -0.2) is 21.6 Å². The fourth-order valence-corrected chi connectivity index (χ4v) is 1.35. The predicted molar refractivity (Wildman–Crippen MR) is 51.7 cm³/mol. The van der Waals surface area contributed by atoms with Crippen LogP contribution in [0.1, 0.15) is 5.69 Å². The summed E-state index contributed by atoms with van der Waals surface area (Å²) in [5.74, 6) is 0.302. The molecule has 2 aromatic rings. The third-order valence-electron chi connectivity index (χ3n) is 2.02. The molecule has 0 bridgehead atoms. The van der Waals surface area contributed by atoms with Gasteiger partial charge >= 0.3 is 0 Å². The number of rotatable bonds is 1. The Morgan fingerprint density at radius 1 is 1.46 bits per heavy atom. The first-order chi connectivity index (χ1) is 6.22. The monoisotopic (exact) mass is 177 g/mol. The molecule has 0 atom stereocenters. The van der Waals surface area contributed by atoms with E-state index in [0.717, 1.165) is 17.0 Å². The minimum Gasteiger partial charge on any atom is -0.387 e. The van der Waals surface area contributed by atoms with E-state index in [1.54, 1.807) is 4.52 Å². The molecule has 0 aliphatic rings. The Hall–Kier alpha value is -1.78. The maximum Gasteiger partial charge on any atom is 0.240 e. The van der Waals surface area contributed by atoms with Crippen molar-refractivity contribution in [3.8, 4) is 0 Å². The number of hydrogen-bond acceptors (Lipinski definition) is 4. The van der Waals surface area contributed by atoms with E-state index in [4.69, 9.17) is 5.73 Å². The minimum atomic E-state index is 0.302. The molecule has 0 aliphatic heterocycles. The van der Waals surface area contributed by atoms with Crippen molar-refractivity contribution in [3.05, 3.63) is 17.8 Å². The molecule has 0 spiro atoms. The summed E-state index contributed by atoms with van der Waals surface area (Å²) in [6.07, 6.45) is 0. The lowest BCUT2D eigenvalue weighted by Gasteiger charge is -2.04. The predicted octanol–water partition coefficient (Wildman–Crippen LogP) is 0.662. The average molecular weight is 177 g/mol. The van der Waals surface area contributed by atoms with Crippen LogP contribution in [0.25, 0.3) is 5.65 Å². The molecule has 2 heterocycles. The Kier molecular flexibility index (Phi) is 1.58. The van der Waals surface area contributed by atoms with E-state index in [1.807, 2.05) is 26.1 Å². The van der Waals surface area contributed by atoms with Crippen LogP contribution in [-0.2, 0) is 0 Å². The summed E-state index contributed by atoms with van der Waals surface area (Å²) in [6.45, 7) is 1.97. The lowest BCUT2D eigenvalue weighted by Crippen LogP contribution is -1.99. The van der Waals surface area contributed by atoms with Gasteiger partial charge in [0, 0.05) is 7.05 Å². The minimum absolute atomic E-state index is 0.302. The van der Waals surface area contributed by atoms with E-state index in [2.05, 4.69) is 15.4 Å². The lowest BCUT2D eigenvalue weighted by atomic mass is 10.3. The quantitative estimate of drug-likeness (QED) is 0.671. The fraction of sp³-hybridized carbons (Fsp3) is 0.250. The first-order valence-electron chi connectivity index (χ1n) is 4.02. The number of fused-ring (bicyclic) bond motifs is 1. The van der Waals surface area contributed by atoms with Crippen molar-refractivity contribution in [2.75, 3.05) is 18.1 Å². The second-order valence-corrected chi connectivity index (χ2v) is 2.82. The number of nitrogens with one attached hydrogen (secondary N) is 1. The van der Waals surface area contributed by atoms with Crippen molar-refractivity contribution in [2.45, 2.75) is 6.92 Å². The van der Waals surface area contributed by atoms with E-state index >= 15 is 0 Å². The van der Waals surface area contributed by atoms with Crippen molar-refractivity contribution < 1.29 is 0 Å². The number of nitrogens with zero attached hydrogens (tertiary/aromatic N) is 3. The summed E-state index contributed by atoms with van der Waals surface area (Å²) >= 11 is 0.